The molecule has 0 saturated carbocycles. The fourth-order valence-corrected chi connectivity index (χ4v) is 2.33. The summed E-state index contributed by atoms with van der Waals surface area (Å²) in [6, 6.07) is 15.3. The quantitative estimate of drug-likeness (QED) is 0.760. The third kappa shape index (κ3) is 3.32. The Labute approximate surface area is 128 Å². The van der Waals surface area contributed by atoms with Crippen molar-refractivity contribution < 1.29 is 9.53 Å². The summed E-state index contributed by atoms with van der Waals surface area (Å²) in [5.41, 5.74) is 3.48. The summed E-state index contributed by atoms with van der Waals surface area (Å²) in [4.78, 5) is 19.6. The van der Waals surface area contributed by atoms with Crippen molar-refractivity contribution in [2.24, 2.45) is 0 Å². The second-order valence-electron chi connectivity index (χ2n) is 5.06. The molecule has 1 aromatic heterocycles. The van der Waals surface area contributed by atoms with Crippen molar-refractivity contribution >= 4 is 22.6 Å². The SMILES string of the molecule is COCc1nc2ccc(NC(=O)Cc3ccccc3)cc2[nH]1. The van der Waals surface area contributed by atoms with Gasteiger partial charge in [-0.05, 0) is 23.8 Å². The third-order valence-electron chi connectivity index (χ3n) is 3.30. The zero-order chi connectivity index (χ0) is 15.4. The van der Waals surface area contributed by atoms with E-state index in [1.807, 2.05) is 48.5 Å². The molecule has 0 aliphatic heterocycles. The van der Waals surface area contributed by atoms with Crippen LogP contribution in [0.15, 0.2) is 48.5 Å². The van der Waals surface area contributed by atoms with Crippen LogP contribution in [0, 0.1) is 0 Å². The molecule has 3 aromatic rings. The molecule has 2 N–H and O–H groups in total. The Morgan fingerprint density at radius 2 is 2.05 bits per heavy atom. The van der Waals surface area contributed by atoms with Crippen LogP contribution in [0.4, 0.5) is 5.69 Å². The van der Waals surface area contributed by atoms with Crippen LogP contribution in [-0.4, -0.2) is 23.0 Å². The van der Waals surface area contributed by atoms with Gasteiger partial charge in [0.05, 0.1) is 17.5 Å². The first kappa shape index (κ1) is 14.3. The van der Waals surface area contributed by atoms with Gasteiger partial charge in [0.25, 0.3) is 0 Å². The standard InChI is InChI=1S/C17H17N3O2/c1-22-11-16-19-14-8-7-13(10-15(14)20-16)18-17(21)9-12-5-3-2-4-6-12/h2-8,10H,9,11H2,1H3,(H,18,21)(H,19,20). The molecule has 0 atom stereocenters. The van der Waals surface area contributed by atoms with Gasteiger partial charge in [-0.3, -0.25) is 4.79 Å². The zero-order valence-electron chi connectivity index (χ0n) is 12.3. The average Bonchev–Trinajstić information content (AvgIpc) is 2.90. The number of anilines is 1. The number of carbonyl (C=O) groups excluding carboxylic acids is 1. The van der Waals surface area contributed by atoms with Crippen LogP contribution in [0.1, 0.15) is 11.4 Å². The number of imidazole rings is 1. The Bertz CT molecular complexity index is 781. The van der Waals surface area contributed by atoms with E-state index in [1.54, 1.807) is 7.11 Å². The summed E-state index contributed by atoms with van der Waals surface area (Å²) in [5, 5.41) is 2.91. The maximum absolute atomic E-state index is 12.1. The predicted octanol–water partition coefficient (Wildman–Crippen LogP) is 2.89. The Hall–Kier alpha value is -2.66. The van der Waals surface area contributed by atoms with Gasteiger partial charge in [-0.1, -0.05) is 30.3 Å². The van der Waals surface area contributed by atoms with E-state index in [0.717, 1.165) is 28.1 Å². The summed E-state index contributed by atoms with van der Waals surface area (Å²) in [6.45, 7) is 0.435. The van der Waals surface area contributed by atoms with E-state index in [9.17, 15) is 4.79 Å². The molecule has 112 valence electrons. The number of amides is 1. The molecule has 5 heteroatoms. The molecule has 0 aliphatic carbocycles. The molecule has 0 spiro atoms. The summed E-state index contributed by atoms with van der Waals surface area (Å²) in [7, 11) is 1.63. The molecule has 1 amide bonds. The van der Waals surface area contributed by atoms with Crippen molar-refractivity contribution in [3.05, 3.63) is 59.9 Å². The number of methoxy groups -OCH3 is 1. The first-order valence-corrected chi connectivity index (χ1v) is 7.06. The van der Waals surface area contributed by atoms with E-state index in [-0.39, 0.29) is 5.91 Å². The molecule has 0 fully saturated rings. The van der Waals surface area contributed by atoms with E-state index in [0.29, 0.717) is 13.0 Å². The maximum Gasteiger partial charge on any atom is 0.228 e. The molecule has 0 unspecified atom stereocenters. The number of nitrogens with zero attached hydrogens (tertiary/aromatic N) is 1. The van der Waals surface area contributed by atoms with Gasteiger partial charge in [0.1, 0.15) is 12.4 Å². The molecule has 0 aliphatic rings. The number of benzene rings is 2. The minimum atomic E-state index is -0.0396. The van der Waals surface area contributed by atoms with Gasteiger partial charge in [0.2, 0.25) is 5.91 Å². The maximum atomic E-state index is 12.1. The van der Waals surface area contributed by atoms with Gasteiger partial charge in [-0.15, -0.1) is 0 Å². The molecule has 22 heavy (non-hydrogen) atoms. The monoisotopic (exact) mass is 295 g/mol. The normalized spacial score (nSPS) is 10.8. The van der Waals surface area contributed by atoms with Crippen molar-refractivity contribution in [1.82, 2.24) is 9.97 Å². The first-order valence-electron chi connectivity index (χ1n) is 7.06. The first-order chi connectivity index (χ1) is 10.7. The highest BCUT2D eigenvalue weighted by Crippen LogP contribution is 2.18. The number of aromatic amines is 1. The molecule has 0 radical (unpaired) electrons. The van der Waals surface area contributed by atoms with Crippen LogP contribution in [0.25, 0.3) is 11.0 Å². The Balaban J connectivity index is 1.71. The number of aromatic nitrogens is 2. The lowest BCUT2D eigenvalue weighted by Crippen LogP contribution is -2.14. The summed E-state index contributed by atoms with van der Waals surface area (Å²) >= 11 is 0. The molecular formula is C17H17N3O2. The highest BCUT2D eigenvalue weighted by atomic mass is 16.5. The summed E-state index contributed by atoms with van der Waals surface area (Å²) in [6.07, 6.45) is 0.358. The fourth-order valence-electron chi connectivity index (χ4n) is 2.33. The van der Waals surface area contributed by atoms with Crippen molar-refractivity contribution in [2.75, 3.05) is 12.4 Å². The van der Waals surface area contributed by atoms with E-state index >= 15 is 0 Å². The lowest BCUT2D eigenvalue weighted by atomic mass is 10.1. The van der Waals surface area contributed by atoms with Gasteiger partial charge in [0.15, 0.2) is 0 Å². The number of rotatable bonds is 5. The topological polar surface area (TPSA) is 67.0 Å². The van der Waals surface area contributed by atoms with Crippen LogP contribution in [-0.2, 0) is 22.6 Å². The second-order valence-corrected chi connectivity index (χ2v) is 5.06. The molecule has 0 bridgehead atoms. The summed E-state index contributed by atoms with van der Waals surface area (Å²) < 4.78 is 5.06. The Morgan fingerprint density at radius 1 is 1.23 bits per heavy atom. The molecule has 2 aromatic carbocycles. The molecule has 1 heterocycles. The predicted molar refractivity (Wildman–Crippen MR) is 85.6 cm³/mol. The third-order valence-corrected chi connectivity index (χ3v) is 3.30. The molecular weight excluding hydrogens is 278 g/mol. The molecule has 0 saturated heterocycles. The van der Waals surface area contributed by atoms with E-state index in [1.165, 1.54) is 0 Å². The number of nitrogens with one attached hydrogen (secondary N) is 2. The number of ether oxygens (including phenoxy) is 1. The fraction of sp³-hybridized carbons (Fsp3) is 0.176. The minimum absolute atomic E-state index is 0.0396. The van der Waals surface area contributed by atoms with E-state index in [2.05, 4.69) is 15.3 Å². The van der Waals surface area contributed by atoms with Crippen LogP contribution in [0.5, 0.6) is 0 Å². The Kier molecular flexibility index (Phi) is 4.16. The van der Waals surface area contributed by atoms with Crippen molar-refractivity contribution in [3.8, 4) is 0 Å². The zero-order valence-corrected chi connectivity index (χ0v) is 12.3. The lowest BCUT2D eigenvalue weighted by Gasteiger charge is -2.05. The number of H-pyrrole nitrogens is 1. The van der Waals surface area contributed by atoms with E-state index < -0.39 is 0 Å². The largest absolute Gasteiger partial charge is 0.377 e. The Morgan fingerprint density at radius 3 is 2.82 bits per heavy atom. The van der Waals surface area contributed by atoms with Gasteiger partial charge >= 0.3 is 0 Å². The van der Waals surface area contributed by atoms with Gasteiger partial charge in [0, 0.05) is 12.8 Å². The van der Waals surface area contributed by atoms with Crippen LogP contribution < -0.4 is 5.32 Å². The van der Waals surface area contributed by atoms with Crippen molar-refractivity contribution in [3.63, 3.8) is 0 Å². The van der Waals surface area contributed by atoms with E-state index in [4.69, 9.17) is 4.74 Å². The minimum Gasteiger partial charge on any atom is -0.377 e. The number of carbonyl (C=O) groups is 1. The second kappa shape index (κ2) is 6.41. The highest BCUT2D eigenvalue weighted by Gasteiger charge is 2.07. The summed E-state index contributed by atoms with van der Waals surface area (Å²) in [5.74, 6) is 0.729. The van der Waals surface area contributed by atoms with Gasteiger partial charge in [-0.2, -0.15) is 0 Å². The van der Waals surface area contributed by atoms with Crippen molar-refractivity contribution in [1.29, 1.82) is 0 Å². The average molecular weight is 295 g/mol. The number of hydrogen-bond donors (Lipinski definition) is 2. The molecule has 3 rings (SSSR count). The molecule has 5 nitrogen and oxygen atoms in total. The van der Waals surface area contributed by atoms with Crippen LogP contribution in [0.2, 0.25) is 0 Å². The lowest BCUT2D eigenvalue weighted by molar-refractivity contribution is -0.115. The van der Waals surface area contributed by atoms with Crippen LogP contribution in [0.3, 0.4) is 0 Å². The van der Waals surface area contributed by atoms with Gasteiger partial charge in [-0.25, -0.2) is 4.98 Å². The number of fused-ring (bicyclic) bond motifs is 1. The van der Waals surface area contributed by atoms with Crippen LogP contribution >= 0.6 is 0 Å². The van der Waals surface area contributed by atoms with Crippen molar-refractivity contribution in [2.45, 2.75) is 13.0 Å². The smallest absolute Gasteiger partial charge is 0.228 e. The highest BCUT2D eigenvalue weighted by molar-refractivity contribution is 5.94. The number of hydrogen-bond acceptors (Lipinski definition) is 3. The van der Waals surface area contributed by atoms with Gasteiger partial charge < -0.3 is 15.0 Å².